The smallest absolute Gasteiger partial charge is 0.306 e. The Kier molecular flexibility index (Phi) is 13.4. The maximum absolute atomic E-state index is 13.6. The first kappa shape index (κ1) is 41.7. The van der Waals surface area contributed by atoms with Crippen molar-refractivity contribution in [2.45, 2.75) is 224 Å². The van der Waals surface area contributed by atoms with Crippen molar-refractivity contribution in [3.8, 4) is 0 Å². The summed E-state index contributed by atoms with van der Waals surface area (Å²) >= 11 is 0. The zero-order valence-corrected chi connectivity index (χ0v) is 35.2. The largest absolute Gasteiger partial charge is 0.462 e. The molecular formula is C46H82O4. The van der Waals surface area contributed by atoms with Gasteiger partial charge < -0.3 is 9.47 Å². The molecule has 0 aromatic rings. The minimum atomic E-state index is -0.194. The van der Waals surface area contributed by atoms with Crippen LogP contribution in [0, 0.1) is 56.2 Å². The van der Waals surface area contributed by atoms with Crippen molar-refractivity contribution in [3.63, 3.8) is 0 Å². The molecular weight excluding hydrogens is 617 g/mol. The SMILES string of the molecule is CC(C)(C)CC1(CC(C)(C)C)CCC(OC(=O)CCC(=O)OC2CCC(CC(C)(C)C)(CC(C)(C)C)C2C2CCCCC2)C1C1CCCCC1. The van der Waals surface area contributed by atoms with Crippen molar-refractivity contribution in [2.24, 2.45) is 56.2 Å². The molecule has 4 rings (SSSR count). The predicted molar refractivity (Wildman–Crippen MR) is 209 cm³/mol. The molecule has 0 spiro atoms. The van der Waals surface area contributed by atoms with Crippen molar-refractivity contribution < 1.29 is 19.1 Å². The van der Waals surface area contributed by atoms with Gasteiger partial charge in [0.05, 0.1) is 12.8 Å². The fourth-order valence-electron chi connectivity index (χ4n) is 13.0. The zero-order chi connectivity index (χ0) is 37.2. The molecule has 0 bridgehead atoms. The van der Waals surface area contributed by atoms with Crippen molar-refractivity contribution in [1.82, 2.24) is 0 Å². The summed E-state index contributed by atoms with van der Waals surface area (Å²) in [6.07, 6.45) is 22.0. The summed E-state index contributed by atoms with van der Waals surface area (Å²) in [6, 6.07) is 0. The molecule has 0 amide bonds. The third-order valence-electron chi connectivity index (χ3n) is 13.0. The van der Waals surface area contributed by atoms with E-state index in [9.17, 15) is 9.59 Å². The van der Waals surface area contributed by atoms with Gasteiger partial charge in [-0.1, -0.05) is 147 Å². The van der Waals surface area contributed by atoms with E-state index >= 15 is 0 Å². The summed E-state index contributed by atoms with van der Waals surface area (Å²) in [5.74, 6) is 1.68. The van der Waals surface area contributed by atoms with Crippen LogP contribution in [0.1, 0.15) is 212 Å². The highest BCUT2D eigenvalue weighted by molar-refractivity contribution is 5.78. The van der Waals surface area contributed by atoms with Gasteiger partial charge in [0.15, 0.2) is 0 Å². The van der Waals surface area contributed by atoms with Crippen LogP contribution in [0.25, 0.3) is 0 Å². The highest BCUT2D eigenvalue weighted by Gasteiger charge is 2.56. The van der Waals surface area contributed by atoms with Crippen molar-refractivity contribution in [1.29, 1.82) is 0 Å². The number of carbonyl (C=O) groups excluding carboxylic acids is 2. The van der Waals surface area contributed by atoms with Gasteiger partial charge in [-0.3, -0.25) is 9.59 Å². The first-order valence-electron chi connectivity index (χ1n) is 21.4. The molecule has 4 fully saturated rings. The van der Waals surface area contributed by atoms with Gasteiger partial charge >= 0.3 is 11.9 Å². The van der Waals surface area contributed by atoms with E-state index in [1.165, 1.54) is 89.9 Å². The lowest BCUT2D eigenvalue weighted by Gasteiger charge is -2.48. The molecule has 0 saturated heterocycles. The Bertz CT molecular complexity index is 975. The van der Waals surface area contributed by atoms with E-state index in [1.807, 2.05) is 0 Å². The number of hydrogen-bond acceptors (Lipinski definition) is 4. The van der Waals surface area contributed by atoms with Crippen molar-refractivity contribution >= 4 is 11.9 Å². The fourth-order valence-corrected chi connectivity index (χ4v) is 13.0. The van der Waals surface area contributed by atoms with Gasteiger partial charge in [0.25, 0.3) is 0 Å². The molecule has 0 heterocycles. The molecule has 4 unspecified atom stereocenters. The first-order chi connectivity index (χ1) is 23.0. The monoisotopic (exact) mass is 699 g/mol. The Morgan fingerprint density at radius 1 is 0.460 bits per heavy atom. The van der Waals surface area contributed by atoms with E-state index in [2.05, 4.69) is 83.1 Å². The maximum Gasteiger partial charge on any atom is 0.306 e. The topological polar surface area (TPSA) is 52.6 Å². The van der Waals surface area contributed by atoms with Crippen LogP contribution in [0.3, 0.4) is 0 Å². The lowest BCUT2D eigenvalue weighted by molar-refractivity contribution is -0.161. The van der Waals surface area contributed by atoms with Gasteiger partial charge in [0.1, 0.15) is 12.2 Å². The van der Waals surface area contributed by atoms with E-state index in [-0.39, 0.29) is 69.5 Å². The molecule has 0 N–H and O–H groups in total. The average Bonchev–Trinajstić information content (AvgIpc) is 3.45. The summed E-state index contributed by atoms with van der Waals surface area (Å²) in [7, 11) is 0. The lowest BCUT2D eigenvalue weighted by Crippen LogP contribution is -2.43. The molecule has 50 heavy (non-hydrogen) atoms. The van der Waals surface area contributed by atoms with Gasteiger partial charge in [0.2, 0.25) is 0 Å². The molecule has 4 aliphatic rings. The molecule has 0 aromatic carbocycles. The highest BCUT2D eigenvalue weighted by atomic mass is 16.6. The molecule has 4 aliphatic carbocycles. The quantitative estimate of drug-likeness (QED) is 0.202. The van der Waals surface area contributed by atoms with E-state index < -0.39 is 0 Å². The molecule has 0 aliphatic heterocycles. The number of hydrogen-bond donors (Lipinski definition) is 0. The Morgan fingerprint density at radius 2 is 0.740 bits per heavy atom. The number of carbonyl (C=O) groups is 2. The van der Waals surface area contributed by atoms with Crippen LogP contribution < -0.4 is 0 Å². The molecule has 4 heteroatoms. The molecule has 4 atom stereocenters. The highest BCUT2D eigenvalue weighted by Crippen LogP contribution is 2.62. The fraction of sp³-hybridized carbons (Fsp3) is 0.957. The van der Waals surface area contributed by atoms with E-state index in [0.717, 1.165) is 25.7 Å². The second-order valence-corrected chi connectivity index (χ2v) is 23.2. The first-order valence-corrected chi connectivity index (χ1v) is 21.4. The normalized spacial score (nSPS) is 28.5. The van der Waals surface area contributed by atoms with Gasteiger partial charge in [-0.15, -0.1) is 0 Å². The van der Waals surface area contributed by atoms with Crippen LogP contribution in [0.15, 0.2) is 0 Å². The predicted octanol–water partition coefficient (Wildman–Crippen LogP) is 13.3. The summed E-state index contributed by atoms with van der Waals surface area (Å²) in [5, 5.41) is 0. The summed E-state index contributed by atoms with van der Waals surface area (Å²) in [4.78, 5) is 27.3. The Morgan fingerprint density at radius 3 is 1.00 bits per heavy atom. The van der Waals surface area contributed by atoms with Crippen molar-refractivity contribution in [2.75, 3.05) is 0 Å². The molecule has 0 radical (unpaired) electrons. The number of esters is 2. The zero-order valence-electron chi connectivity index (χ0n) is 35.2. The van der Waals surface area contributed by atoms with Gasteiger partial charge in [0, 0.05) is 11.8 Å². The van der Waals surface area contributed by atoms with Crippen LogP contribution >= 0.6 is 0 Å². The van der Waals surface area contributed by atoms with Gasteiger partial charge in [-0.25, -0.2) is 0 Å². The Hall–Kier alpha value is -1.06. The number of ether oxygens (including phenoxy) is 2. The van der Waals surface area contributed by atoms with Crippen LogP contribution in [-0.2, 0) is 19.1 Å². The van der Waals surface area contributed by atoms with E-state index in [0.29, 0.717) is 23.7 Å². The third kappa shape index (κ3) is 11.7. The molecule has 4 nitrogen and oxygen atoms in total. The maximum atomic E-state index is 13.6. The average molecular weight is 699 g/mol. The standard InChI is InChI=1S/C46H82O4/c1-41(2,3)29-45(30-42(4,5)6)27-25-35(39(45)33-19-15-13-16-20-33)49-37(47)23-24-38(48)50-36-26-28-46(31-43(7,8)9,32-44(10,11)12)40(36)34-21-17-14-18-22-34/h33-36,39-40H,13-32H2,1-12H3. The van der Waals surface area contributed by atoms with Crippen LogP contribution in [0.2, 0.25) is 0 Å². The summed E-state index contributed by atoms with van der Waals surface area (Å²) in [5.41, 5.74) is 1.24. The van der Waals surface area contributed by atoms with Gasteiger partial charge in [-0.2, -0.15) is 0 Å². The third-order valence-corrected chi connectivity index (χ3v) is 13.0. The molecule has 0 aromatic heterocycles. The van der Waals surface area contributed by atoms with Crippen LogP contribution in [0.4, 0.5) is 0 Å². The molecule has 4 saturated carbocycles. The van der Waals surface area contributed by atoms with E-state index in [1.54, 1.807) is 0 Å². The second-order valence-electron chi connectivity index (χ2n) is 23.2. The van der Waals surface area contributed by atoms with Gasteiger partial charge in [-0.05, 0) is 95.7 Å². The van der Waals surface area contributed by atoms with E-state index in [4.69, 9.17) is 9.47 Å². The van der Waals surface area contributed by atoms with Crippen LogP contribution in [-0.4, -0.2) is 24.1 Å². The Balaban J connectivity index is 1.46. The van der Waals surface area contributed by atoms with Crippen molar-refractivity contribution in [3.05, 3.63) is 0 Å². The minimum Gasteiger partial charge on any atom is -0.462 e. The Labute approximate surface area is 310 Å². The minimum absolute atomic E-state index is 0.0350. The summed E-state index contributed by atoms with van der Waals surface area (Å²) in [6.45, 7) is 28.7. The number of rotatable bonds is 11. The van der Waals surface area contributed by atoms with Crippen LogP contribution in [0.5, 0.6) is 0 Å². The second kappa shape index (κ2) is 16.1. The lowest BCUT2D eigenvalue weighted by atomic mass is 9.57. The summed E-state index contributed by atoms with van der Waals surface area (Å²) < 4.78 is 13.0. The molecule has 290 valence electrons.